The number of hydrogen-bond donors (Lipinski definition) is 2. The maximum absolute atomic E-state index is 10.8. The molecular weight excluding hydrogens is 146 g/mol. The van der Waals surface area contributed by atoms with E-state index in [1.54, 1.807) is 0 Å². The fourth-order valence-corrected chi connectivity index (χ4v) is 0.604. The molecule has 0 bridgehead atoms. The Hall–Kier alpha value is -1.72. The summed E-state index contributed by atoms with van der Waals surface area (Å²) >= 11 is 0. The maximum atomic E-state index is 10.8. The van der Waals surface area contributed by atoms with Gasteiger partial charge in [0.05, 0.1) is 0 Å². The van der Waals surface area contributed by atoms with Crippen molar-refractivity contribution in [3.8, 4) is 0 Å². The van der Waals surface area contributed by atoms with Gasteiger partial charge in [-0.2, -0.15) is 0 Å². The number of nitrogens with two attached hydrogens (primary N) is 2. The largest absolute Gasteiger partial charge is 0.394 e. The molecule has 11 heavy (non-hydrogen) atoms. The van der Waals surface area contributed by atoms with Crippen LogP contribution in [-0.2, 0) is 0 Å². The van der Waals surface area contributed by atoms with Gasteiger partial charge >= 0.3 is 0 Å². The van der Waals surface area contributed by atoms with Crippen LogP contribution in [0.4, 0.5) is 11.5 Å². The molecule has 6 nitrogen and oxygen atoms in total. The Morgan fingerprint density at radius 1 is 1.36 bits per heavy atom. The second-order valence-corrected chi connectivity index (χ2v) is 1.99. The molecule has 0 saturated carbocycles. The molecule has 1 aromatic heterocycles. The van der Waals surface area contributed by atoms with Crippen LogP contribution in [0.2, 0.25) is 0 Å². The molecule has 0 unspecified atom stereocenters. The van der Waals surface area contributed by atoms with Gasteiger partial charge in [0.15, 0.2) is 17.3 Å². The van der Waals surface area contributed by atoms with Crippen molar-refractivity contribution in [2.75, 3.05) is 11.5 Å². The van der Waals surface area contributed by atoms with Crippen LogP contribution < -0.4 is 11.5 Å². The molecule has 0 fully saturated rings. The van der Waals surface area contributed by atoms with E-state index in [1.807, 2.05) is 0 Å². The van der Waals surface area contributed by atoms with Crippen molar-refractivity contribution >= 4 is 17.3 Å². The van der Waals surface area contributed by atoms with Crippen LogP contribution in [0, 0.1) is 0 Å². The number of carbonyl (C=O) groups is 1. The summed E-state index contributed by atoms with van der Waals surface area (Å²) in [7, 11) is 0. The van der Waals surface area contributed by atoms with Crippen LogP contribution >= 0.6 is 0 Å². The highest BCUT2D eigenvalue weighted by molar-refractivity contribution is 5.98. The molecule has 1 heterocycles. The van der Waals surface area contributed by atoms with E-state index in [2.05, 4.69) is 15.4 Å². The molecule has 0 spiro atoms. The molecule has 0 radical (unpaired) electrons. The number of hydrogen-bond acceptors (Lipinski definition) is 6. The van der Waals surface area contributed by atoms with Crippen molar-refractivity contribution in [1.29, 1.82) is 0 Å². The first kappa shape index (κ1) is 7.39. The van der Waals surface area contributed by atoms with E-state index in [1.165, 1.54) is 6.92 Å². The third-order valence-electron chi connectivity index (χ3n) is 1.16. The molecular formula is C5H7N5O. The summed E-state index contributed by atoms with van der Waals surface area (Å²) in [5.74, 6) is -0.241. The molecule has 0 aliphatic heterocycles. The Kier molecular flexibility index (Phi) is 1.67. The molecule has 1 aromatic rings. The number of anilines is 2. The highest BCUT2D eigenvalue weighted by atomic mass is 16.1. The van der Waals surface area contributed by atoms with Gasteiger partial charge < -0.3 is 11.5 Å². The SMILES string of the molecule is CC(=O)c1nnnc(N)c1N. The van der Waals surface area contributed by atoms with Crippen LogP contribution in [0.5, 0.6) is 0 Å². The smallest absolute Gasteiger partial charge is 0.182 e. The van der Waals surface area contributed by atoms with Crippen molar-refractivity contribution in [2.24, 2.45) is 0 Å². The Morgan fingerprint density at radius 2 is 2.00 bits per heavy atom. The molecule has 0 saturated heterocycles. The maximum Gasteiger partial charge on any atom is 0.182 e. The summed E-state index contributed by atoms with van der Waals surface area (Å²) in [5, 5.41) is 10.0. The van der Waals surface area contributed by atoms with E-state index >= 15 is 0 Å². The van der Waals surface area contributed by atoms with Gasteiger partial charge in [0.1, 0.15) is 5.69 Å². The van der Waals surface area contributed by atoms with Gasteiger partial charge in [-0.05, 0) is 5.21 Å². The number of ketones is 1. The minimum absolute atomic E-state index is 0.0326. The fraction of sp³-hybridized carbons (Fsp3) is 0.200. The Labute approximate surface area is 62.6 Å². The third-order valence-corrected chi connectivity index (χ3v) is 1.16. The molecule has 0 amide bonds. The van der Waals surface area contributed by atoms with Crippen LogP contribution in [0.25, 0.3) is 0 Å². The number of aromatic nitrogens is 3. The van der Waals surface area contributed by atoms with Gasteiger partial charge in [0.2, 0.25) is 0 Å². The summed E-state index contributed by atoms with van der Waals surface area (Å²) < 4.78 is 0. The zero-order valence-corrected chi connectivity index (χ0v) is 5.90. The van der Waals surface area contributed by atoms with Gasteiger partial charge in [-0.1, -0.05) is 0 Å². The van der Waals surface area contributed by atoms with Crippen LogP contribution in [0.3, 0.4) is 0 Å². The van der Waals surface area contributed by atoms with E-state index in [4.69, 9.17) is 11.5 Å². The third kappa shape index (κ3) is 1.23. The Balaban J connectivity index is 3.27. The number of rotatable bonds is 1. The zero-order chi connectivity index (χ0) is 8.43. The number of nitrogen functional groups attached to an aromatic ring is 2. The lowest BCUT2D eigenvalue weighted by atomic mass is 10.2. The van der Waals surface area contributed by atoms with Gasteiger partial charge in [-0.25, -0.2) is 0 Å². The molecule has 58 valence electrons. The highest BCUT2D eigenvalue weighted by Crippen LogP contribution is 2.12. The van der Waals surface area contributed by atoms with Crippen molar-refractivity contribution in [2.45, 2.75) is 6.92 Å². The summed E-state index contributed by atoms with van der Waals surface area (Å²) in [6.07, 6.45) is 0. The molecule has 0 aliphatic carbocycles. The second-order valence-electron chi connectivity index (χ2n) is 1.99. The monoisotopic (exact) mass is 153 g/mol. The first-order valence-electron chi connectivity index (χ1n) is 2.88. The standard InChI is InChI=1S/C5H7N5O/c1-2(11)4-3(6)5(7)9-10-8-4/h1H3,(H2,6,10)(H2,7,8,9). The molecule has 0 aliphatic rings. The normalized spacial score (nSPS) is 9.55. The van der Waals surface area contributed by atoms with Gasteiger partial charge in [0.25, 0.3) is 0 Å². The van der Waals surface area contributed by atoms with Crippen molar-refractivity contribution in [1.82, 2.24) is 15.4 Å². The minimum Gasteiger partial charge on any atom is -0.394 e. The van der Waals surface area contributed by atoms with E-state index in [0.717, 1.165) is 0 Å². The van der Waals surface area contributed by atoms with Gasteiger partial charge in [0, 0.05) is 6.92 Å². The lowest BCUT2D eigenvalue weighted by molar-refractivity contribution is 0.101. The molecule has 6 heteroatoms. The van der Waals surface area contributed by atoms with Gasteiger partial charge in [-0.15, -0.1) is 10.2 Å². The van der Waals surface area contributed by atoms with Crippen molar-refractivity contribution < 1.29 is 4.79 Å². The zero-order valence-electron chi connectivity index (χ0n) is 5.90. The molecule has 0 aromatic carbocycles. The number of Topliss-reactive ketones (excluding diaryl/α,β-unsaturated/α-hetero) is 1. The average molecular weight is 153 g/mol. The summed E-state index contributed by atoms with van der Waals surface area (Å²) in [5.41, 5.74) is 10.8. The topological polar surface area (TPSA) is 108 Å². The lowest BCUT2D eigenvalue weighted by Crippen LogP contribution is -2.10. The molecule has 0 atom stereocenters. The highest BCUT2D eigenvalue weighted by Gasteiger charge is 2.09. The van der Waals surface area contributed by atoms with Crippen LogP contribution in [0.15, 0.2) is 0 Å². The van der Waals surface area contributed by atoms with Crippen LogP contribution in [-0.4, -0.2) is 21.2 Å². The first-order chi connectivity index (χ1) is 5.13. The van der Waals surface area contributed by atoms with Crippen molar-refractivity contribution in [3.63, 3.8) is 0 Å². The van der Waals surface area contributed by atoms with Crippen molar-refractivity contribution in [3.05, 3.63) is 5.69 Å². The summed E-state index contributed by atoms with van der Waals surface area (Å²) in [4.78, 5) is 10.8. The fourth-order valence-electron chi connectivity index (χ4n) is 0.604. The van der Waals surface area contributed by atoms with Crippen LogP contribution in [0.1, 0.15) is 17.4 Å². The summed E-state index contributed by atoms with van der Waals surface area (Å²) in [6.45, 7) is 1.33. The molecule has 4 N–H and O–H groups in total. The quantitative estimate of drug-likeness (QED) is 0.513. The first-order valence-corrected chi connectivity index (χ1v) is 2.88. The average Bonchev–Trinajstić information content (AvgIpc) is 1.94. The summed E-state index contributed by atoms with van der Waals surface area (Å²) in [6, 6.07) is 0. The van der Waals surface area contributed by atoms with Gasteiger partial charge in [-0.3, -0.25) is 4.79 Å². The van der Waals surface area contributed by atoms with E-state index in [0.29, 0.717) is 0 Å². The number of carbonyl (C=O) groups excluding carboxylic acids is 1. The second kappa shape index (κ2) is 2.49. The van der Waals surface area contributed by atoms with E-state index in [-0.39, 0.29) is 23.0 Å². The Morgan fingerprint density at radius 3 is 2.45 bits per heavy atom. The Bertz CT molecular complexity index is 297. The number of nitrogens with zero attached hydrogens (tertiary/aromatic N) is 3. The van der Waals surface area contributed by atoms with E-state index in [9.17, 15) is 4.79 Å². The molecule has 1 rings (SSSR count). The minimum atomic E-state index is -0.274. The van der Waals surface area contributed by atoms with E-state index < -0.39 is 0 Å². The predicted octanol–water partition coefficient (Wildman–Crippen LogP) is -0.761. The lowest BCUT2D eigenvalue weighted by Gasteiger charge is -1.99. The predicted molar refractivity (Wildman–Crippen MR) is 38.7 cm³/mol.